The highest BCUT2D eigenvalue weighted by Crippen LogP contribution is 2.14. The first kappa shape index (κ1) is 11.0. The Bertz CT molecular complexity index is 201. The summed E-state index contributed by atoms with van der Waals surface area (Å²) in [7, 11) is 0. The van der Waals surface area contributed by atoms with Crippen molar-refractivity contribution in [1.82, 2.24) is 5.32 Å². The third-order valence-corrected chi connectivity index (χ3v) is 2.02. The summed E-state index contributed by atoms with van der Waals surface area (Å²) in [6, 6.07) is -0.686. The molecular weight excluding hydrogens is 186 g/mol. The van der Waals surface area contributed by atoms with Gasteiger partial charge in [-0.15, -0.1) is 0 Å². The minimum atomic E-state index is -0.343. The van der Waals surface area contributed by atoms with Crippen LogP contribution in [0.25, 0.3) is 0 Å². The molecule has 2 unspecified atom stereocenters. The molecule has 0 amide bonds. The van der Waals surface area contributed by atoms with E-state index in [2.05, 4.69) is 5.32 Å². The summed E-state index contributed by atoms with van der Waals surface area (Å²) in [5.41, 5.74) is 0. The second-order valence-corrected chi connectivity index (χ2v) is 3.01. The molecule has 0 aliphatic carbocycles. The lowest BCUT2D eigenvalue weighted by Gasteiger charge is -2.33. The lowest BCUT2D eigenvalue weighted by Crippen LogP contribution is -2.60. The highest BCUT2D eigenvalue weighted by atomic mass is 16.5. The van der Waals surface area contributed by atoms with Crippen LogP contribution in [0.5, 0.6) is 0 Å². The number of hydrogen-bond donors (Lipinski definition) is 1. The Hall–Kier alpha value is -1.10. The van der Waals surface area contributed by atoms with Gasteiger partial charge in [-0.05, 0) is 20.3 Å². The summed E-state index contributed by atoms with van der Waals surface area (Å²) < 4.78 is 9.56. The van der Waals surface area contributed by atoms with Crippen LogP contribution in [0.4, 0.5) is 0 Å². The number of rotatable bonds is 4. The Morgan fingerprint density at radius 2 is 1.50 bits per heavy atom. The van der Waals surface area contributed by atoms with E-state index < -0.39 is 0 Å². The third kappa shape index (κ3) is 2.45. The molecule has 5 nitrogen and oxygen atoms in total. The zero-order chi connectivity index (χ0) is 10.6. The Morgan fingerprint density at radius 3 is 1.79 bits per heavy atom. The van der Waals surface area contributed by atoms with Crippen molar-refractivity contribution in [3.05, 3.63) is 0 Å². The van der Waals surface area contributed by atoms with E-state index in [-0.39, 0.29) is 24.0 Å². The Morgan fingerprint density at radius 1 is 1.14 bits per heavy atom. The van der Waals surface area contributed by atoms with Gasteiger partial charge in [-0.1, -0.05) is 0 Å². The van der Waals surface area contributed by atoms with E-state index in [1.807, 2.05) is 0 Å². The topological polar surface area (TPSA) is 64.6 Å². The molecule has 5 heteroatoms. The molecule has 1 saturated heterocycles. The zero-order valence-electron chi connectivity index (χ0n) is 8.41. The fourth-order valence-electron chi connectivity index (χ4n) is 1.27. The Kier molecular flexibility index (Phi) is 3.88. The first-order chi connectivity index (χ1) is 6.69. The van der Waals surface area contributed by atoms with Crippen molar-refractivity contribution in [3.8, 4) is 0 Å². The Labute approximate surface area is 82.8 Å². The molecule has 1 fully saturated rings. The maximum Gasteiger partial charge on any atom is 0.323 e. The average Bonchev–Trinajstić information content (AvgIpc) is 2.02. The fraction of sp³-hybridized carbons (Fsp3) is 0.778. The maximum atomic E-state index is 11.1. The molecule has 1 aliphatic heterocycles. The van der Waals surface area contributed by atoms with Gasteiger partial charge in [-0.3, -0.25) is 14.9 Å². The second-order valence-electron chi connectivity index (χ2n) is 3.01. The molecular formula is C9H15NO4. The molecule has 0 saturated carbocycles. The van der Waals surface area contributed by atoms with Crippen LogP contribution in [0.1, 0.15) is 20.3 Å². The van der Waals surface area contributed by atoms with Gasteiger partial charge in [0.05, 0.1) is 13.2 Å². The van der Waals surface area contributed by atoms with Crippen molar-refractivity contribution in [2.24, 2.45) is 0 Å². The largest absolute Gasteiger partial charge is 0.465 e. The second kappa shape index (κ2) is 4.95. The van der Waals surface area contributed by atoms with Crippen LogP contribution >= 0.6 is 0 Å². The number of ether oxygens (including phenoxy) is 2. The van der Waals surface area contributed by atoms with E-state index in [0.29, 0.717) is 19.6 Å². The lowest BCUT2D eigenvalue weighted by molar-refractivity contribution is -0.155. The smallest absolute Gasteiger partial charge is 0.323 e. The number of nitrogens with one attached hydrogen (secondary N) is 1. The molecule has 14 heavy (non-hydrogen) atoms. The summed E-state index contributed by atoms with van der Waals surface area (Å²) >= 11 is 0. The predicted molar refractivity (Wildman–Crippen MR) is 48.6 cm³/mol. The molecule has 1 aliphatic rings. The molecule has 80 valence electrons. The van der Waals surface area contributed by atoms with Gasteiger partial charge in [0.2, 0.25) is 0 Å². The number of esters is 2. The first-order valence-electron chi connectivity index (χ1n) is 4.78. The van der Waals surface area contributed by atoms with Gasteiger partial charge >= 0.3 is 11.9 Å². The monoisotopic (exact) mass is 201 g/mol. The van der Waals surface area contributed by atoms with Crippen molar-refractivity contribution < 1.29 is 19.1 Å². The molecule has 0 bridgehead atoms. The van der Waals surface area contributed by atoms with Crippen molar-refractivity contribution in [1.29, 1.82) is 0 Å². The first-order valence-corrected chi connectivity index (χ1v) is 4.78. The van der Waals surface area contributed by atoms with Gasteiger partial charge < -0.3 is 9.47 Å². The SMILES string of the molecule is CCOC(=O)C1CC(C(=O)OCC)N1. The molecule has 0 radical (unpaired) electrons. The quantitative estimate of drug-likeness (QED) is 0.640. The van der Waals surface area contributed by atoms with Crippen molar-refractivity contribution >= 4 is 11.9 Å². The highest BCUT2D eigenvalue weighted by molar-refractivity contribution is 5.84. The maximum absolute atomic E-state index is 11.1. The zero-order valence-corrected chi connectivity index (χ0v) is 8.41. The van der Waals surface area contributed by atoms with Gasteiger partial charge in [-0.2, -0.15) is 0 Å². The van der Waals surface area contributed by atoms with E-state index in [1.165, 1.54) is 0 Å². The molecule has 0 aromatic carbocycles. The normalized spacial score (nSPS) is 25.0. The van der Waals surface area contributed by atoms with E-state index in [1.54, 1.807) is 13.8 Å². The third-order valence-electron chi connectivity index (χ3n) is 2.02. The molecule has 0 aromatic rings. The highest BCUT2D eigenvalue weighted by Gasteiger charge is 2.39. The predicted octanol–water partition coefficient (Wildman–Crippen LogP) is -0.157. The summed E-state index contributed by atoms with van der Waals surface area (Å²) in [5.74, 6) is -0.596. The van der Waals surface area contributed by atoms with Crippen molar-refractivity contribution in [2.75, 3.05) is 13.2 Å². The lowest BCUT2D eigenvalue weighted by atomic mass is 9.97. The number of carbonyl (C=O) groups excluding carboxylic acids is 2. The average molecular weight is 201 g/mol. The minimum absolute atomic E-state index is 0.298. The van der Waals surface area contributed by atoms with Crippen LogP contribution in [-0.4, -0.2) is 37.2 Å². The van der Waals surface area contributed by atoms with Crippen LogP contribution < -0.4 is 5.32 Å². The van der Waals surface area contributed by atoms with Gasteiger partial charge in [0.15, 0.2) is 0 Å². The molecule has 1 N–H and O–H groups in total. The summed E-state index contributed by atoms with van der Waals surface area (Å²) in [6.07, 6.45) is 0.470. The van der Waals surface area contributed by atoms with Crippen LogP contribution in [-0.2, 0) is 19.1 Å². The van der Waals surface area contributed by atoms with Crippen LogP contribution in [0.2, 0.25) is 0 Å². The molecule has 0 aromatic heterocycles. The van der Waals surface area contributed by atoms with E-state index >= 15 is 0 Å². The molecule has 1 rings (SSSR count). The summed E-state index contributed by atoms with van der Waals surface area (Å²) in [6.45, 7) is 4.22. The van der Waals surface area contributed by atoms with E-state index in [4.69, 9.17) is 9.47 Å². The Balaban J connectivity index is 2.22. The summed E-state index contributed by atoms with van der Waals surface area (Å²) in [5, 5.41) is 2.80. The van der Waals surface area contributed by atoms with Crippen LogP contribution in [0.15, 0.2) is 0 Å². The fourth-order valence-corrected chi connectivity index (χ4v) is 1.27. The number of carbonyl (C=O) groups is 2. The summed E-state index contributed by atoms with van der Waals surface area (Å²) in [4.78, 5) is 22.2. The van der Waals surface area contributed by atoms with Crippen molar-refractivity contribution in [3.63, 3.8) is 0 Å². The van der Waals surface area contributed by atoms with Gasteiger partial charge in [0.25, 0.3) is 0 Å². The van der Waals surface area contributed by atoms with Gasteiger partial charge in [0.1, 0.15) is 12.1 Å². The number of hydrogen-bond acceptors (Lipinski definition) is 5. The van der Waals surface area contributed by atoms with Crippen molar-refractivity contribution in [2.45, 2.75) is 32.4 Å². The standard InChI is InChI=1S/C9H15NO4/c1-3-13-8(11)6-5-7(10-6)9(12)14-4-2/h6-7,10H,3-5H2,1-2H3. The van der Waals surface area contributed by atoms with Gasteiger partial charge in [0, 0.05) is 0 Å². The molecule has 0 spiro atoms. The van der Waals surface area contributed by atoms with Crippen LogP contribution in [0, 0.1) is 0 Å². The van der Waals surface area contributed by atoms with E-state index in [9.17, 15) is 9.59 Å². The molecule has 2 atom stereocenters. The van der Waals surface area contributed by atoms with Gasteiger partial charge in [-0.25, -0.2) is 0 Å². The minimum Gasteiger partial charge on any atom is -0.465 e. The molecule has 1 heterocycles. The van der Waals surface area contributed by atoms with E-state index in [0.717, 1.165) is 0 Å². The van der Waals surface area contributed by atoms with Crippen LogP contribution in [0.3, 0.4) is 0 Å².